The van der Waals surface area contributed by atoms with E-state index in [1.54, 1.807) is 0 Å². The van der Waals surface area contributed by atoms with Crippen molar-refractivity contribution in [3.63, 3.8) is 0 Å². The molecule has 0 atom stereocenters. The van der Waals surface area contributed by atoms with Gasteiger partial charge in [0.25, 0.3) is 0 Å². The van der Waals surface area contributed by atoms with Gasteiger partial charge in [0.05, 0.1) is 11.6 Å². The molecule has 0 amide bonds. The molecule has 0 unspecified atom stereocenters. The van der Waals surface area contributed by atoms with Crippen molar-refractivity contribution in [3.8, 4) is 6.07 Å². The van der Waals surface area contributed by atoms with E-state index < -0.39 is 0 Å². The molecule has 1 aromatic rings. The summed E-state index contributed by atoms with van der Waals surface area (Å²) in [6.45, 7) is 0.828. The molecule has 2 nitrogen and oxygen atoms in total. The highest BCUT2D eigenvalue weighted by Crippen LogP contribution is 2.17. The second-order valence-corrected chi connectivity index (χ2v) is 5.19. The van der Waals surface area contributed by atoms with Crippen molar-refractivity contribution in [1.82, 2.24) is 5.32 Å². The first-order chi connectivity index (χ1) is 8.90. The average Bonchev–Trinajstić information content (AvgIpc) is 2.38. The summed E-state index contributed by atoms with van der Waals surface area (Å²) >= 11 is 0. The van der Waals surface area contributed by atoms with Crippen LogP contribution in [0.3, 0.4) is 0 Å². The molecule has 0 heterocycles. The van der Waals surface area contributed by atoms with Crippen molar-refractivity contribution in [3.05, 3.63) is 35.4 Å². The van der Waals surface area contributed by atoms with Gasteiger partial charge in [0.15, 0.2) is 0 Å². The first kappa shape index (κ1) is 13.1. The Bertz CT molecular complexity index is 398. The van der Waals surface area contributed by atoms with E-state index in [0.29, 0.717) is 6.04 Å². The summed E-state index contributed by atoms with van der Waals surface area (Å²) in [6.07, 6.45) is 9.43. The summed E-state index contributed by atoms with van der Waals surface area (Å²) < 4.78 is 0. The van der Waals surface area contributed by atoms with Gasteiger partial charge in [-0.1, -0.05) is 50.3 Å². The molecule has 1 saturated carbocycles. The zero-order valence-corrected chi connectivity index (χ0v) is 11.0. The van der Waals surface area contributed by atoms with Gasteiger partial charge in [-0.15, -0.1) is 0 Å². The van der Waals surface area contributed by atoms with Crippen LogP contribution in [0.25, 0.3) is 0 Å². The van der Waals surface area contributed by atoms with E-state index in [0.717, 1.165) is 17.7 Å². The Morgan fingerprint density at radius 1 is 1.06 bits per heavy atom. The number of hydrogen-bond acceptors (Lipinski definition) is 2. The second kappa shape index (κ2) is 7.18. The predicted molar refractivity (Wildman–Crippen MR) is 74.1 cm³/mol. The van der Waals surface area contributed by atoms with Gasteiger partial charge in [0, 0.05) is 12.6 Å². The van der Waals surface area contributed by atoms with Gasteiger partial charge in [-0.25, -0.2) is 0 Å². The zero-order valence-electron chi connectivity index (χ0n) is 11.0. The SMILES string of the molecule is N#Cc1ccccc1CNC1CCCCCCC1. The van der Waals surface area contributed by atoms with Crippen LogP contribution < -0.4 is 5.32 Å². The summed E-state index contributed by atoms with van der Waals surface area (Å²) in [5, 5.41) is 12.7. The lowest BCUT2D eigenvalue weighted by molar-refractivity contribution is 0.389. The molecule has 1 aliphatic rings. The van der Waals surface area contributed by atoms with Crippen LogP contribution in [0.2, 0.25) is 0 Å². The summed E-state index contributed by atoms with van der Waals surface area (Å²) in [4.78, 5) is 0. The largest absolute Gasteiger partial charge is 0.310 e. The Morgan fingerprint density at radius 3 is 2.44 bits per heavy atom. The van der Waals surface area contributed by atoms with Crippen molar-refractivity contribution < 1.29 is 0 Å². The van der Waals surface area contributed by atoms with Crippen molar-refractivity contribution in [2.75, 3.05) is 0 Å². The van der Waals surface area contributed by atoms with Crippen LogP contribution in [0, 0.1) is 11.3 Å². The molecule has 1 fully saturated rings. The van der Waals surface area contributed by atoms with Gasteiger partial charge in [-0.05, 0) is 24.5 Å². The zero-order chi connectivity index (χ0) is 12.6. The van der Waals surface area contributed by atoms with Gasteiger partial charge < -0.3 is 5.32 Å². The molecule has 96 valence electrons. The number of benzene rings is 1. The molecule has 1 aromatic carbocycles. The van der Waals surface area contributed by atoms with Gasteiger partial charge in [0.2, 0.25) is 0 Å². The van der Waals surface area contributed by atoms with Crippen molar-refractivity contribution in [1.29, 1.82) is 5.26 Å². The highest BCUT2D eigenvalue weighted by atomic mass is 14.9. The third-order valence-corrected chi connectivity index (χ3v) is 3.82. The minimum absolute atomic E-state index is 0.636. The van der Waals surface area contributed by atoms with Crippen molar-refractivity contribution >= 4 is 0 Å². The quantitative estimate of drug-likeness (QED) is 0.876. The molecule has 2 rings (SSSR count). The predicted octanol–water partition coefficient (Wildman–Crippen LogP) is 3.76. The van der Waals surface area contributed by atoms with Gasteiger partial charge in [-0.2, -0.15) is 5.26 Å². The monoisotopic (exact) mass is 242 g/mol. The fourth-order valence-corrected chi connectivity index (χ4v) is 2.70. The van der Waals surface area contributed by atoms with Gasteiger partial charge in [-0.3, -0.25) is 0 Å². The molecule has 0 aromatic heterocycles. The minimum Gasteiger partial charge on any atom is -0.310 e. The maximum Gasteiger partial charge on any atom is 0.0995 e. The first-order valence-corrected chi connectivity index (χ1v) is 7.11. The average molecular weight is 242 g/mol. The van der Waals surface area contributed by atoms with Crippen LogP contribution in [0.15, 0.2) is 24.3 Å². The van der Waals surface area contributed by atoms with Crippen LogP contribution in [-0.4, -0.2) is 6.04 Å². The Kier molecular flexibility index (Phi) is 5.23. The Morgan fingerprint density at radius 2 is 1.72 bits per heavy atom. The Labute approximate surface area is 110 Å². The Balaban J connectivity index is 1.88. The molecule has 1 aliphatic carbocycles. The normalized spacial score (nSPS) is 17.7. The summed E-state index contributed by atoms with van der Waals surface area (Å²) in [7, 11) is 0. The van der Waals surface area contributed by atoms with E-state index in [1.807, 2.05) is 18.2 Å². The lowest BCUT2D eigenvalue weighted by atomic mass is 9.96. The van der Waals surface area contributed by atoms with Crippen LogP contribution in [0.4, 0.5) is 0 Å². The number of nitrogens with zero attached hydrogens (tertiary/aromatic N) is 1. The molecule has 0 saturated heterocycles. The molecule has 1 N–H and O–H groups in total. The van der Waals surface area contributed by atoms with Gasteiger partial charge in [0.1, 0.15) is 0 Å². The third-order valence-electron chi connectivity index (χ3n) is 3.82. The maximum absolute atomic E-state index is 9.06. The van der Waals surface area contributed by atoms with Crippen molar-refractivity contribution in [2.45, 2.75) is 57.5 Å². The Hall–Kier alpha value is -1.33. The number of nitrogens with one attached hydrogen (secondary N) is 1. The highest BCUT2D eigenvalue weighted by Gasteiger charge is 2.11. The topological polar surface area (TPSA) is 35.8 Å². The summed E-state index contributed by atoms with van der Waals surface area (Å²) in [5.74, 6) is 0. The maximum atomic E-state index is 9.06. The molecule has 18 heavy (non-hydrogen) atoms. The molecular formula is C16H22N2. The molecule has 0 aliphatic heterocycles. The molecule has 0 spiro atoms. The number of rotatable bonds is 3. The summed E-state index contributed by atoms with van der Waals surface area (Å²) in [5.41, 5.74) is 1.93. The molecular weight excluding hydrogens is 220 g/mol. The molecule has 2 heteroatoms. The number of nitriles is 1. The van der Waals surface area contributed by atoms with E-state index in [4.69, 9.17) is 5.26 Å². The second-order valence-electron chi connectivity index (χ2n) is 5.19. The van der Waals surface area contributed by atoms with E-state index >= 15 is 0 Å². The van der Waals surface area contributed by atoms with E-state index in [9.17, 15) is 0 Å². The van der Waals surface area contributed by atoms with Crippen LogP contribution in [0.5, 0.6) is 0 Å². The first-order valence-electron chi connectivity index (χ1n) is 7.11. The van der Waals surface area contributed by atoms with Crippen LogP contribution in [-0.2, 0) is 6.54 Å². The molecule has 0 bridgehead atoms. The molecule has 0 radical (unpaired) electrons. The smallest absolute Gasteiger partial charge is 0.0995 e. The standard InChI is InChI=1S/C16H22N2/c17-12-14-8-6-7-9-15(14)13-18-16-10-4-2-1-3-5-11-16/h6-9,16,18H,1-5,10-11,13H2. The number of hydrogen-bond donors (Lipinski definition) is 1. The highest BCUT2D eigenvalue weighted by molar-refractivity contribution is 5.37. The lowest BCUT2D eigenvalue weighted by Gasteiger charge is -2.21. The fraction of sp³-hybridized carbons (Fsp3) is 0.562. The van der Waals surface area contributed by atoms with Crippen LogP contribution in [0.1, 0.15) is 56.1 Å². The van der Waals surface area contributed by atoms with Crippen LogP contribution >= 0.6 is 0 Å². The minimum atomic E-state index is 0.636. The fourth-order valence-electron chi connectivity index (χ4n) is 2.70. The van der Waals surface area contributed by atoms with E-state index in [1.165, 1.54) is 44.9 Å². The summed E-state index contributed by atoms with van der Waals surface area (Å²) in [6, 6.07) is 10.8. The van der Waals surface area contributed by atoms with Crippen molar-refractivity contribution in [2.24, 2.45) is 0 Å². The van der Waals surface area contributed by atoms with E-state index in [-0.39, 0.29) is 0 Å². The third kappa shape index (κ3) is 3.85. The van der Waals surface area contributed by atoms with E-state index in [2.05, 4.69) is 17.5 Å². The lowest BCUT2D eigenvalue weighted by Crippen LogP contribution is -2.29. The van der Waals surface area contributed by atoms with Gasteiger partial charge >= 0.3 is 0 Å².